The Balaban J connectivity index is 0.00000455. The van der Waals surface area contributed by atoms with Gasteiger partial charge < -0.3 is 29.9 Å². The van der Waals surface area contributed by atoms with Crippen LogP contribution in [0.5, 0.6) is 0 Å². The molecule has 2 aliphatic rings. The summed E-state index contributed by atoms with van der Waals surface area (Å²) >= 11 is 0. The molecule has 0 atom stereocenters. The summed E-state index contributed by atoms with van der Waals surface area (Å²) in [5.74, 6) is -0.262. The Morgan fingerprint density at radius 3 is 0.965 bits per heavy atom. The molecule has 0 aliphatic carbocycles. The van der Waals surface area contributed by atoms with Crippen LogP contribution >= 0.6 is 42.7 Å². The number of fused-ring (bicyclic) bond motifs is 20. The number of hydrogen-bond donors (Lipinski definition) is 0. The first kappa shape index (κ1) is 39.5. The monoisotopic (exact) mass is 967 g/mol. The molecule has 0 saturated carbocycles. The molecule has 5 heterocycles. The number of halogens is 4. The third kappa shape index (κ3) is 6.94. The van der Waals surface area contributed by atoms with Crippen LogP contribution < -0.4 is 9.97 Å². The topological polar surface area (TPSA) is 242 Å². The minimum Gasteiger partial charge on any atom is -0.357 e. The van der Waals surface area contributed by atoms with Gasteiger partial charge in [0.2, 0.25) is 0 Å². The van der Waals surface area contributed by atoms with Crippen LogP contribution in [0.4, 0.5) is 0 Å². The molecule has 2 aliphatic heterocycles. The fourth-order valence-electron chi connectivity index (χ4n) is 6.19. The van der Waals surface area contributed by atoms with Gasteiger partial charge in [-0.2, -0.15) is 0 Å². The number of aromatic nitrogens is 8. The first-order valence-corrected chi connectivity index (χ1v) is 24.5. The smallest absolute Gasteiger partial charge is 0.357 e. The molecule has 7 aromatic rings. The second-order valence-corrected chi connectivity index (χ2v) is 22.3. The molecule has 291 valence electrons. The molecule has 4 aromatic carbocycles. The van der Waals surface area contributed by atoms with Crippen molar-refractivity contribution in [3.8, 4) is 45.6 Å². The fraction of sp³-hybridized carbons (Fsp3) is 0. The molecule has 0 saturated heterocycles. The average molecular weight is 970 g/mol. The van der Waals surface area contributed by atoms with E-state index in [4.69, 9.17) is 42.7 Å². The van der Waals surface area contributed by atoms with E-state index in [-0.39, 0.29) is 126 Å². The Bertz CT molecular complexity index is 3390. The summed E-state index contributed by atoms with van der Waals surface area (Å²) in [6.45, 7) is 0. The second kappa shape index (κ2) is 13.4. The SMILES string of the molecule is O=S(=O)(Cl)c1ccc2c(c1)-c1nc-2nc2[n-]c(nc3nc(nc4[n-]c(n1)c1ccc(S(=O)(=O)Cl)cc41)-c1ccc(S(=O)(=O)Cl)cc1-3)c1ccc(S(=O)(=O)Cl)cc21.[Cu+2]. The third-order valence-electron chi connectivity index (χ3n) is 8.71. The van der Waals surface area contributed by atoms with Crippen LogP contribution in [0.1, 0.15) is 0 Å². The van der Waals surface area contributed by atoms with Gasteiger partial charge in [0.25, 0.3) is 36.2 Å². The molecule has 8 bridgehead atoms. The van der Waals surface area contributed by atoms with Gasteiger partial charge in [-0.25, -0.2) is 43.6 Å². The summed E-state index contributed by atoms with van der Waals surface area (Å²) in [5, 5.41) is 0.859. The van der Waals surface area contributed by atoms with Crippen LogP contribution in [-0.2, 0) is 53.3 Å². The maximum Gasteiger partial charge on any atom is 2.00 e. The fourth-order valence-corrected chi connectivity index (χ4v) is 9.29. The Morgan fingerprint density at radius 2 is 0.632 bits per heavy atom. The van der Waals surface area contributed by atoms with Crippen molar-refractivity contribution < 1.29 is 50.7 Å². The van der Waals surface area contributed by atoms with E-state index >= 15 is 0 Å². The summed E-state index contributed by atoms with van der Waals surface area (Å²) in [6, 6.07) is 15.4. The molecule has 16 nitrogen and oxygen atoms in total. The Morgan fingerprint density at radius 1 is 0.351 bits per heavy atom. The van der Waals surface area contributed by atoms with E-state index in [0.29, 0.717) is 0 Å². The summed E-state index contributed by atoms with van der Waals surface area (Å²) in [7, 11) is 5.80. The predicted octanol–water partition coefficient (Wildman–Crippen LogP) is 5.83. The van der Waals surface area contributed by atoms with Gasteiger partial charge in [-0.15, -0.1) is 0 Å². The van der Waals surface area contributed by atoms with Crippen molar-refractivity contribution in [3.63, 3.8) is 0 Å². The van der Waals surface area contributed by atoms with Crippen LogP contribution in [0.25, 0.3) is 89.7 Å². The normalized spacial score (nSPS) is 13.0. The summed E-state index contributed by atoms with van der Waals surface area (Å²) < 4.78 is 99.2. The van der Waals surface area contributed by atoms with Gasteiger partial charge in [0.1, 0.15) is 0 Å². The summed E-state index contributed by atoms with van der Waals surface area (Å²) in [6.07, 6.45) is 0. The Kier molecular flexibility index (Phi) is 9.28. The zero-order valence-corrected chi connectivity index (χ0v) is 34.4. The van der Waals surface area contributed by atoms with E-state index in [0.717, 1.165) is 0 Å². The zero-order valence-electron chi connectivity index (χ0n) is 27.2. The van der Waals surface area contributed by atoms with E-state index in [1.807, 2.05) is 0 Å². The Labute approximate surface area is 348 Å². The summed E-state index contributed by atoms with van der Waals surface area (Å²) in [4.78, 5) is 35.8. The van der Waals surface area contributed by atoms with Gasteiger partial charge in [-0.1, -0.05) is 24.3 Å². The average Bonchev–Trinajstić information content (AvgIpc) is 3.84. The standard InChI is InChI=1S/C32H12Cl4N8O8S4.Cu/c33-53(45,46)13-1-5-17-21(9-13)29-37-25(17)41-30-22-10-14(54(34,47)48)2-6-18(22)27(38-30)43-32-24-12-16(56(36,51)52)4-8-20(24)28(40-32)44-31-23-11-15(55(35,49)50)3-7-19(23)26(39-31)42-29;/h1-12H;/q-2;+2. The molecule has 0 N–H and O–H groups in total. The molecule has 57 heavy (non-hydrogen) atoms. The van der Waals surface area contributed by atoms with Gasteiger partial charge >= 0.3 is 17.1 Å². The zero-order chi connectivity index (χ0) is 39.7. The van der Waals surface area contributed by atoms with Crippen LogP contribution in [0, 0.1) is 0 Å². The van der Waals surface area contributed by atoms with E-state index < -0.39 is 36.2 Å². The van der Waals surface area contributed by atoms with Crippen LogP contribution in [-0.4, -0.2) is 63.6 Å². The largest absolute Gasteiger partial charge is 2.00 e. The molecule has 0 amide bonds. The van der Waals surface area contributed by atoms with E-state index in [1.165, 1.54) is 72.8 Å². The quantitative estimate of drug-likeness (QED) is 0.149. The van der Waals surface area contributed by atoms with Gasteiger partial charge in [0.15, 0.2) is 0 Å². The van der Waals surface area contributed by atoms with Gasteiger partial charge in [-0.05, 0) is 70.1 Å². The maximum absolute atomic E-state index is 12.4. The summed E-state index contributed by atoms with van der Waals surface area (Å²) in [5.41, 5.74) is 0.598. The third-order valence-corrected chi connectivity index (χ3v) is 14.1. The molecule has 0 unspecified atom stereocenters. The molecule has 25 heteroatoms. The van der Waals surface area contributed by atoms with E-state index in [2.05, 4.69) is 39.9 Å². The number of benzene rings is 4. The Hall–Kier alpha value is -4.28. The minimum atomic E-state index is -4.25. The van der Waals surface area contributed by atoms with Crippen LogP contribution in [0.2, 0.25) is 0 Å². The van der Waals surface area contributed by atoms with Crippen LogP contribution in [0.15, 0.2) is 92.4 Å². The molecule has 0 spiro atoms. The molecular weight excluding hydrogens is 958 g/mol. The van der Waals surface area contributed by atoms with Gasteiger partial charge in [0, 0.05) is 87.6 Å². The predicted molar refractivity (Wildman–Crippen MR) is 206 cm³/mol. The van der Waals surface area contributed by atoms with Crippen molar-refractivity contribution in [2.75, 3.05) is 0 Å². The van der Waals surface area contributed by atoms with Crippen molar-refractivity contribution in [3.05, 3.63) is 72.8 Å². The van der Waals surface area contributed by atoms with E-state index in [1.54, 1.807) is 0 Å². The van der Waals surface area contributed by atoms with Crippen molar-refractivity contribution in [1.82, 2.24) is 39.9 Å². The molecule has 0 fully saturated rings. The van der Waals surface area contributed by atoms with Gasteiger partial charge in [0.05, 0.1) is 42.9 Å². The number of rotatable bonds is 4. The van der Waals surface area contributed by atoms with Crippen molar-refractivity contribution >= 4 is 123 Å². The van der Waals surface area contributed by atoms with Crippen LogP contribution in [0.3, 0.4) is 0 Å². The van der Waals surface area contributed by atoms with E-state index in [9.17, 15) is 33.7 Å². The second-order valence-electron chi connectivity index (χ2n) is 12.1. The number of nitrogens with zero attached hydrogens (tertiary/aromatic N) is 8. The minimum absolute atomic E-state index is 0. The van der Waals surface area contributed by atoms with Crippen molar-refractivity contribution in [2.24, 2.45) is 0 Å². The first-order valence-electron chi connectivity index (χ1n) is 15.3. The van der Waals surface area contributed by atoms with Gasteiger partial charge in [-0.3, -0.25) is 0 Å². The first-order chi connectivity index (χ1) is 26.2. The molecule has 3 aromatic heterocycles. The van der Waals surface area contributed by atoms with Crippen molar-refractivity contribution in [1.29, 1.82) is 0 Å². The maximum atomic E-state index is 12.4. The molecular formula is C32H12Cl4CuN8O8S4. The molecule has 1 radical (unpaired) electrons. The molecule has 9 rings (SSSR count). The number of hydrogen-bond acceptors (Lipinski definition) is 14. The van der Waals surface area contributed by atoms with Crippen molar-refractivity contribution in [2.45, 2.75) is 19.6 Å².